The topological polar surface area (TPSA) is 18.5 Å². The molecule has 0 radical (unpaired) electrons. The van der Waals surface area contributed by atoms with Gasteiger partial charge in [-0.1, -0.05) is 121 Å². The first-order valence-corrected chi connectivity index (χ1v) is 11.8. The van der Waals surface area contributed by atoms with E-state index in [1.165, 1.54) is 11.1 Å². The van der Waals surface area contributed by atoms with Crippen molar-refractivity contribution in [1.29, 1.82) is 0 Å². The number of para-hydroxylation sites is 2. The fourth-order valence-corrected chi connectivity index (χ4v) is 3.57. The normalized spacial score (nSPS) is 11.2. The molecule has 0 N–H and O–H groups in total. The Kier molecular flexibility index (Phi) is 8.75. The van der Waals surface area contributed by atoms with Crippen LogP contribution in [0.2, 0.25) is 0 Å². The van der Waals surface area contributed by atoms with Crippen LogP contribution in [0.3, 0.4) is 0 Å². The molecule has 0 aromatic heterocycles. The van der Waals surface area contributed by atoms with Crippen LogP contribution in [-0.4, -0.2) is 13.2 Å². The standard InChI is InChI=1S/C32H30O2/c1-3-13-27(14-4-1)21-23-29-17-7-9-19-31(29)33-25-11-12-26-34-32-20-10-8-18-30(32)24-22-28-15-5-2-6-16-28/h1-10,13-24H,11-12,25-26H2/b23-21+,24-22+. The molecular formula is C32H30O2. The molecule has 0 aliphatic carbocycles. The van der Waals surface area contributed by atoms with Crippen molar-refractivity contribution < 1.29 is 9.47 Å². The molecule has 0 saturated carbocycles. The van der Waals surface area contributed by atoms with E-state index in [1.807, 2.05) is 72.8 Å². The second-order valence-corrected chi connectivity index (χ2v) is 7.97. The van der Waals surface area contributed by atoms with Crippen molar-refractivity contribution >= 4 is 24.3 Å². The third-order valence-electron chi connectivity index (χ3n) is 5.40. The Morgan fingerprint density at radius 2 is 0.794 bits per heavy atom. The van der Waals surface area contributed by atoms with Gasteiger partial charge in [-0.15, -0.1) is 0 Å². The minimum Gasteiger partial charge on any atom is -0.493 e. The van der Waals surface area contributed by atoms with Gasteiger partial charge in [0.1, 0.15) is 11.5 Å². The van der Waals surface area contributed by atoms with Gasteiger partial charge in [0.2, 0.25) is 0 Å². The van der Waals surface area contributed by atoms with E-state index in [1.54, 1.807) is 0 Å². The van der Waals surface area contributed by atoms with E-state index >= 15 is 0 Å². The SMILES string of the molecule is C(=C\c1ccccc1OCCCCOc1ccccc1/C=C/c1ccccc1)/c1ccccc1. The van der Waals surface area contributed by atoms with Crippen LogP contribution >= 0.6 is 0 Å². The van der Waals surface area contributed by atoms with Gasteiger partial charge in [0, 0.05) is 11.1 Å². The van der Waals surface area contributed by atoms with E-state index in [-0.39, 0.29) is 0 Å². The average Bonchev–Trinajstić information content (AvgIpc) is 2.90. The zero-order chi connectivity index (χ0) is 23.3. The summed E-state index contributed by atoms with van der Waals surface area (Å²) >= 11 is 0. The molecule has 0 heterocycles. The third-order valence-corrected chi connectivity index (χ3v) is 5.40. The summed E-state index contributed by atoms with van der Waals surface area (Å²) in [6.07, 6.45) is 10.3. The number of benzene rings is 4. The molecule has 0 saturated heterocycles. The molecular weight excluding hydrogens is 416 g/mol. The largest absolute Gasteiger partial charge is 0.493 e. The first-order chi connectivity index (χ1) is 16.9. The summed E-state index contributed by atoms with van der Waals surface area (Å²) in [5.41, 5.74) is 4.52. The van der Waals surface area contributed by atoms with Gasteiger partial charge in [-0.25, -0.2) is 0 Å². The van der Waals surface area contributed by atoms with Gasteiger partial charge in [0.15, 0.2) is 0 Å². The monoisotopic (exact) mass is 446 g/mol. The van der Waals surface area contributed by atoms with Gasteiger partial charge in [-0.2, -0.15) is 0 Å². The third kappa shape index (κ3) is 7.25. The van der Waals surface area contributed by atoms with Crippen molar-refractivity contribution in [2.24, 2.45) is 0 Å². The first-order valence-electron chi connectivity index (χ1n) is 11.8. The molecule has 0 bridgehead atoms. The lowest BCUT2D eigenvalue weighted by Gasteiger charge is -2.11. The van der Waals surface area contributed by atoms with Crippen molar-refractivity contribution in [2.45, 2.75) is 12.8 Å². The number of hydrogen-bond acceptors (Lipinski definition) is 2. The Hall–Kier alpha value is -4.04. The Balaban J connectivity index is 1.24. The molecule has 2 nitrogen and oxygen atoms in total. The minimum atomic E-state index is 0.662. The highest BCUT2D eigenvalue weighted by molar-refractivity contribution is 5.73. The van der Waals surface area contributed by atoms with Crippen molar-refractivity contribution in [3.05, 3.63) is 131 Å². The Labute approximate surface area is 202 Å². The minimum absolute atomic E-state index is 0.662. The summed E-state index contributed by atoms with van der Waals surface area (Å²) < 4.78 is 12.1. The van der Waals surface area contributed by atoms with Gasteiger partial charge in [-0.05, 0) is 36.1 Å². The van der Waals surface area contributed by atoms with Crippen LogP contribution in [-0.2, 0) is 0 Å². The number of rotatable bonds is 11. The molecule has 2 heteroatoms. The lowest BCUT2D eigenvalue weighted by Crippen LogP contribution is -2.03. The van der Waals surface area contributed by atoms with E-state index in [4.69, 9.17) is 9.47 Å². The highest BCUT2D eigenvalue weighted by atomic mass is 16.5. The van der Waals surface area contributed by atoms with Crippen LogP contribution < -0.4 is 9.47 Å². The lowest BCUT2D eigenvalue weighted by molar-refractivity contribution is 0.266. The van der Waals surface area contributed by atoms with E-state index in [9.17, 15) is 0 Å². The van der Waals surface area contributed by atoms with Crippen molar-refractivity contribution in [1.82, 2.24) is 0 Å². The molecule has 0 aliphatic heterocycles. The van der Waals surface area contributed by atoms with E-state index in [0.29, 0.717) is 13.2 Å². The van der Waals surface area contributed by atoms with Crippen molar-refractivity contribution in [3.63, 3.8) is 0 Å². The molecule has 4 aromatic rings. The van der Waals surface area contributed by atoms with Crippen LogP contribution in [0, 0.1) is 0 Å². The zero-order valence-electron chi connectivity index (χ0n) is 19.3. The Morgan fingerprint density at radius 3 is 1.24 bits per heavy atom. The maximum absolute atomic E-state index is 6.07. The molecule has 4 aromatic carbocycles. The number of hydrogen-bond donors (Lipinski definition) is 0. The molecule has 0 spiro atoms. The molecule has 0 atom stereocenters. The highest BCUT2D eigenvalue weighted by Gasteiger charge is 2.02. The zero-order valence-corrected chi connectivity index (χ0v) is 19.3. The van der Waals surface area contributed by atoms with Crippen LogP contribution in [0.25, 0.3) is 24.3 Å². The smallest absolute Gasteiger partial charge is 0.126 e. The van der Waals surface area contributed by atoms with Gasteiger partial charge < -0.3 is 9.47 Å². The summed E-state index contributed by atoms with van der Waals surface area (Å²) in [6, 6.07) is 36.9. The maximum atomic E-state index is 6.07. The molecule has 0 fully saturated rings. The fourth-order valence-electron chi connectivity index (χ4n) is 3.57. The van der Waals surface area contributed by atoms with Gasteiger partial charge >= 0.3 is 0 Å². The Morgan fingerprint density at radius 1 is 0.412 bits per heavy atom. The predicted molar refractivity (Wildman–Crippen MR) is 144 cm³/mol. The average molecular weight is 447 g/mol. The fraction of sp³-hybridized carbons (Fsp3) is 0.125. The quantitative estimate of drug-likeness (QED) is 0.170. The lowest BCUT2D eigenvalue weighted by atomic mass is 10.1. The summed E-state index contributed by atoms with van der Waals surface area (Å²) in [5, 5.41) is 0. The molecule has 0 unspecified atom stereocenters. The second-order valence-electron chi connectivity index (χ2n) is 7.97. The summed E-state index contributed by atoms with van der Waals surface area (Å²) in [7, 11) is 0. The van der Waals surface area contributed by atoms with Gasteiger partial charge in [-0.3, -0.25) is 0 Å². The van der Waals surface area contributed by atoms with Crippen LogP contribution in [0.15, 0.2) is 109 Å². The first kappa shape index (κ1) is 23.1. The van der Waals surface area contributed by atoms with E-state index in [0.717, 1.165) is 35.5 Å². The van der Waals surface area contributed by atoms with Gasteiger partial charge in [0.25, 0.3) is 0 Å². The molecule has 4 rings (SSSR count). The van der Waals surface area contributed by atoms with E-state index in [2.05, 4.69) is 60.7 Å². The summed E-state index contributed by atoms with van der Waals surface area (Å²) in [4.78, 5) is 0. The maximum Gasteiger partial charge on any atom is 0.126 e. The van der Waals surface area contributed by atoms with Crippen LogP contribution in [0.4, 0.5) is 0 Å². The highest BCUT2D eigenvalue weighted by Crippen LogP contribution is 2.22. The predicted octanol–water partition coefficient (Wildman–Crippen LogP) is 8.27. The Bertz CT molecular complexity index is 1100. The van der Waals surface area contributed by atoms with E-state index < -0.39 is 0 Å². The molecule has 0 amide bonds. The second kappa shape index (κ2) is 12.9. The molecule has 34 heavy (non-hydrogen) atoms. The number of ether oxygens (including phenoxy) is 2. The summed E-state index contributed by atoms with van der Waals surface area (Å²) in [6.45, 7) is 1.32. The molecule has 0 aliphatic rings. The van der Waals surface area contributed by atoms with Gasteiger partial charge in [0.05, 0.1) is 13.2 Å². The summed E-state index contributed by atoms with van der Waals surface area (Å²) in [5.74, 6) is 1.82. The van der Waals surface area contributed by atoms with Crippen molar-refractivity contribution in [2.75, 3.05) is 13.2 Å². The molecule has 170 valence electrons. The van der Waals surface area contributed by atoms with Crippen molar-refractivity contribution in [3.8, 4) is 11.5 Å². The van der Waals surface area contributed by atoms with Crippen LogP contribution in [0.5, 0.6) is 11.5 Å². The number of unbranched alkanes of at least 4 members (excludes halogenated alkanes) is 1. The van der Waals surface area contributed by atoms with Crippen LogP contribution in [0.1, 0.15) is 35.1 Å².